The normalized spacial score (nSPS) is 23.1. The summed E-state index contributed by atoms with van der Waals surface area (Å²) in [4.78, 5) is 22.2. The zero-order valence-corrected chi connectivity index (χ0v) is 14.4. The third-order valence-corrected chi connectivity index (χ3v) is 3.13. The summed E-state index contributed by atoms with van der Waals surface area (Å²) in [6.45, 7) is 6.04. The molecule has 0 spiro atoms. The molecule has 1 saturated carbocycles. The summed E-state index contributed by atoms with van der Waals surface area (Å²) in [7, 11) is 0. The number of ether oxygens (including phenoxy) is 1. The maximum Gasteiger partial charge on any atom is 0.407 e. The quantitative estimate of drug-likeness (QED) is 0.775. The molecule has 0 aromatic carbocycles. The summed E-state index contributed by atoms with van der Waals surface area (Å²) in [5.74, 6) is -0.538. The summed E-state index contributed by atoms with van der Waals surface area (Å²) in [5.41, 5.74) is -0.481. The fourth-order valence-electron chi connectivity index (χ4n) is 2.16. The van der Waals surface area contributed by atoms with Crippen molar-refractivity contribution >= 4 is 41.6 Å². The molecular formula is C13H23NNaO4. The summed E-state index contributed by atoms with van der Waals surface area (Å²) in [6.07, 6.45) is 2.72. The molecule has 2 N–H and O–H groups in total. The molecule has 6 heteroatoms. The van der Waals surface area contributed by atoms with Crippen LogP contribution in [-0.2, 0) is 9.53 Å². The second-order valence-corrected chi connectivity index (χ2v) is 5.94. The van der Waals surface area contributed by atoms with Crippen molar-refractivity contribution in [2.75, 3.05) is 6.54 Å². The Labute approximate surface area is 136 Å². The number of hydrogen-bond donors (Lipinski definition) is 2. The van der Waals surface area contributed by atoms with E-state index in [-0.39, 0.29) is 35.5 Å². The van der Waals surface area contributed by atoms with Crippen molar-refractivity contribution < 1.29 is 19.4 Å². The monoisotopic (exact) mass is 280 g/mol. The Balaban J connectivity index is 0.00000324. The second kappa shape index (κ2) is 8.12. The van der Waals surface area contributed by atoms with Crippen LogP contribution in [0, 0.1) is 11.8 Å². The molecule has 0 atom stereocenters. The van der Waals surface area contributed by atoms with E-state index in [1.807, 2.05) is 20.8 Å². The van der Waals surface area contributed by atoms with Gasteiger partial charge in [-0.25, -0.2) is 4.79 Å². The van der Waals surface area contributed by atoms with E-state index in [1.54, 1.807) is 0 Å². The minimum absolute atomic E-state index is 0. The summed E-state index contributed by atoms with van der Waals surface area (Å²) >= 11 is 0. The standard InChI is InChI=1S/C13H23NO4.Na/c1-13(2,3)18-12(17)14-8-9-4-6-10(7-5-9)11(15)16;/h9-10H,4-8H2,1-3H3,(H,14,17)(H,15,16);/t9-,10-;. The van der Waals surface area contributed by atoms with Crippen molar-refractivity contribution in [2.45, 2.75) is 52.1 Å². The Hall–Kier alpha value is -0.260. The number of nitrogens with one attached hydrogen (secondary N) is 1. The van der Waals surface area contributed by atoms with Crippen molar-refractivity contribution in [1.29, 1.82) is 0 Å². The van der Waals surface area contributed by atoms with Crippen LogP contribution in [0.25, 0.3) is 0 Å². The molecule has 1 amide bonds. The van der Waals surface area contributed by atoms with Gasteiger partial charge in [-0.1, -0.05) is 0 Å². The molecule has 5 nitrogen and oxygen atoms in total. The maximum atomic E-state index is 11.4. The number of alkyl carbamates (subject to hydrolysis) is 1. The number of rotatable bonds is 3. The van der Waals surface area contributed by atoms with Gasteiger partial charge in [0.2, 0.25) is 0 Å². The van der Waals surface area contributed by atoms with E-state index in [0.29, 0.717) is 25.3 Å². The first-order chi connectivity index (χ1) is 8.28. The summed E-state index contributed by atoms with van der Waals surface area (Å²) < 4.78 is 5.14. The van der Waals surface area contributed by atoms with Gasteiger partial charge in [0.25, 0.3) is 0 Å². The van der Waals surface area contributed by atoms with Crippen LogP contribution in [-0.4, -0.2) is 58.9 Å². The predicted octanol–water partition coefficient (Wildman–Crippen LogP) is 2.02. The summed E-state index contributed by atoms with van der Waals surface area (Å²) in [5, 5.41) is 11.6. The van der Waals surface area contributed by atoms with Crippen LogP contribution in [0.2, 0.25) is 0 Å². The van der Waals surface area contributed by atoms with Gasteiger partial charge in [0.1, 0.15) is 5.60 Å². The molecule has 0 saturated heterocycles. The maximum absolute atomic E-state index is 11.4. The van der Waals surface area contributed by atoms with E-state index in [1.165, 1.54) is 0 Å². The number of amides is 1. The van der Waals surface area contributed by atoms with Crippen LogP contribution in [0.3, 0.4) is 0 Å². The molecule has 1 radical (unpaired) electrons. The van der Waals surface area contributed by atoms with E-state index in [0.717, 1.165) is 12.8 Å². The van der Waals surface area contributed by atoms with Gasteiger partial charge in [0.05, 0.1) is 5.92 Å². The first kappa shape index (κ1) is 18.7. The van der Waals surface area contributed by atoms with Crippen molar-refractivity contribution in [1.82, 2.24) is 5.32 Å². The van der Waals surface area contributed by atoms with Crippen LogP contribution in [0.1, 0.15) is 46.5 Å². The molecular weight excluding hydrogens is 257 g/mol. The van der Waals surface area contributed by atoms with Gasteiger partial charge in [-0.3, -0.25) is 4.79 Å². The van der Waals surface area contributed by atoms with Crippen molar-refractivity contribution in [3.05, 3.63) is 0 Å². The van der Waals surface area contributed by atoms with Crippen LogP contribution >= 0.6 is 0 Å². The molecule has 1 fully saturated rings. The minimum Gasteiger partial charge on any atom is -0.481 e. The Morgan fingerprint density at radius 2 is 1.74 bits per heavy atom. The van der Waals surface area contributed by atoms with E-state index < -0.39 is 17.7 Å². The van der Waals surface area contributed by atoms with Gasteiger partial charge in [0, 0.05) is 36.1 Å². The Morgan fingerprint density at radius 1 is 1.21 bits per heavy atom. The fourth-order valence-corrected chi connectivity index (χ4v) is 2.16. The molecule has 0 unspecified atom stereocenters. The van der Waals surface area contributed by atoms with Gasteiger partial charge >= 0.3 is 12.1 Å². The predicted molar refractivity (Wildman–Crippen MR) is 73.1 cm³/mol. The Morgan fingerprint density at radius 3 is 2.16 bits per heavy atom. The van der Waals surface area contributed by atoms with Crippen LogP contribution in [0.4, 0.5) is 4.79 Å². The SMILES string of the molecule is CC(C)(C)OC(=O)NC[C@H]1CC[C@H](C(=O)O)CC1.[Na]. The summed E-state index contributed by atoms with van der Waals surface area (Å²) in [6, 6.07) is 0. The third kappa shape index (κ3) is 7.80. The van der Waals surface area contributed by atoms with Gasteiger partial charge < -0.3 is 15.2 Å². The minimum atomic E-state index is -0.700. The average Bonchev–Trinajstić information content (AvgIpc) is 2.24. The number of aliphatic carboxylic acids is 1. The molecule has 105 valence electrons. The second-order valence-electron chi connectivity index (χ2n) is 5.94. The Bertz CT molecular complexity index is 306. The first-order valence-electron chi connectivity index (χ1n) is 6.47. The fraction of sp³-hybridized carbons (Fsp3) is 0.846. The molecule has 19 heavy (non-hydrogen) atoms. The number of carbonyl (C=O) groups excluding carboxylic acids is 1. The zero-order chi connectivity index (χ0) is 13.8. The molecule has 0 aromatic heterocycles. The van der Waals surface area contributed by atoms with Gasteiger partial charge in [-0.15, -0.1) is 0 Å². The average molecular weight is 280 g/mol. The van der Waals surface area contributed by atoms with Crippen LogP contribution < -0.4 is 5.32 Å². The number of carboxylic acid groups (broad SMARTS) is 1. The largest absolute Gasteiger partial charge is 0.481 e. The van der Waals surface area contributed by atoms with Crippen LogP contribution in [0.15, 0.2) is 0 Å². The van der Waals surface area contributed by atoms with Gasteiger partial charge in [0.15, 0.2) is 0 Å². The number of carboxylic acids is 1. The molecule has 0 aromatic rings. The molecule has 1 aliphatic rings. The smallest absolute Gasteiger partial charge is 0.407 e. The van der Waals surface area contributed by atoms with Crippen LogP contribution in [0.5, 0.6) is 0 Å². The van der Waals surface area contributed by atoms with Crippen molar-refractivity contribution in [3.63, 3.8) is 0 Å². The van der Waals surface area contributed by atoms with E-state index in [4.69, 9.17) is 9.84 Å². The van der Waals surface area contributed by atoms with E-state index >= 15 is 0 Å². The number of carbonyl (C=O) groups is 2. The molecule has 0 aliphatic heterocycles. The van der Waals surface area contributed by atoms with Crippen molar-refractivity contribution in [2.24, 2.45) is 11.8 Å². The number of hydrogen-bond acceptors (Lipinski definition) is 3. The molecule has 1 aliphatic carbocycles. The first-order valence-corrected chi connectivity index (χ1v) is 6.47. The molecule has 0 bridgehead atoms. The van der Waals surface area contributed by atoms with Gasteiger partial charge in [-0.2, -0.15) is 0 Å². The van der Waals surface area contributed by atoms with E-state index in [2.05, 4.69) is 5.32 Å². The van der Waals surface area contributed by atoms with Crippen molar-refractivity contribution in [3.8, 4) is 0 Å². The van der Waals surface area contributed by atoms with E-state index in [9.17, 15) is 9.59 Å². The molecule has 1 rings (SSSR count). The van der Waals surface area contributed by atoms with Gasteiger partial charge in [-0.05, 0) is 52.4 Å². The zero-order valence-electron chi connectivity index (χ0n) is 12.4. The molecule has 0 heterocycles. The topological polar surface area (TPSA) is 75.6 Å². The Kier molecular flexibility index (Phi) is 8.01. The third-order valence-electron chi connectivity index (χ3n) is 3.13.